The lowest BCUT2D eigenvalue weighted by atomic mass is 10.1. The van der Waals surface area contributed by atoms with Crippen LogP contribution in [0.2, 0.25) is 0 Å². The van der Waals surface area contributed by atoms with E-state index in [9.17, 15) is 14.0 Å². The maximum Gasteiger partial charge on any atom is 0.241 e. The minimum Gasteiger partial charge on any atom is -0.347 e. The van der Waals surface area contributed by atoms with E-state index in [1.165, 1.54) is 6.07 Å². The van der Waals surface area contributed by atoms with Crippen LogP contribution in [0.1, 0.15) is 12.0 Å². The first-order valence-corrected chi connectivity index (χ1v) is 5.94. The molecule has 0 bridgehead atoms. The molecule has 18 heavy (non-hydrogen) atoms. The number of carbonyl (C=O) groups is 2. The molecule has 0 aliphatic carbocycles. The summed E-state index contributed by atoms with van der Waals surface area (Å²) in [6, 6.07) is 6.53. The van der Waals surface area contributed by atoms with Crippen molar-refractivity contribution in [3.63, 3.8) is 0 Å². The molecular weight excluding hydrogens is 235 g/mol. The summed E-state index contributed by atoms with van der Waals surface area (Å²) in [5.41, 5.74) is 0.592. The summed E-state index contributed by atoms with van der Waals surface area (Å²) in [7, 11) is 0. The fraction of sp³-hybridized carbons (Fsp3) is 0.385. The molecule has 96 valence electrons. The summed E-state index contributed by atoms with van der Waals surface area (Å²) < 4.78 is 13.4. The summed E-state index contributed by atoms with van der Waals surface area (Å²) >= 11 is 0. The molecule has 1 saturated heterocycles. The van der Waals surface area contributed by atoms with Gasteiger partial charge >= 0.3 is 0 Å². The third kappa shape index (κ3) is 3.06. The third-order valence-corrected chi connectivity index (χ3v) is 3.01. The fourth-order valence-electron chi connectivity index (χ4n) is 1.93. The summed E-state index contributed by atoms with van der Waals surface area (Å²) in [6.07, 6.45) is 0.773. The number of rotatable bonds is 3. The van der Waals surface area contributed by atoms with Crippen molar-refractivity contribution in [1.82, 2.24) is 10.2 Å². The minimum absolute atomic E-state index is 0.0378. The number of halogens is 1. The SMILES string of the molecule is O=C1CCN(CCc2ccccc2F)C(=O)CN1. The highest BCUT2D eigenvalue weighted by Crippen LogP contribution is 2.08. The van der Waals surface area contributed by atoms with Crippen LogP contribution in [-0.2, 0) is 16.0 Å². The first-order chi connectivity index (χ1) is 8.66. The van der Waals surface area contributed by atoms with Gasteiger partial charge in [-0.15, -0.1) is 0 Å². The summed E-state index contributed by atoms with van der Waals surface area (Å²) in [4.78, 5) is 24.4. The Kier molecular flexibility index (Phi) is 3.92. The normalized spacial score (nSPS) is 16.4. The first-order valence-electron chi connectivity index (χ1n) is 5.94. The monoisotopic (exact) mass is 250 g/mol. The highest BCUT2D eigenvalue weighted by molar-refractivity contribution is 5.87. The van der Waals surface area contributed by atoms with E-state index in [0.29, 0.717) is 31.5 Å². The standard InChI is InChI=1S/C13H15FN2O2/c14-11-4-2-1-3-10(11)5-7-16-8-6-12(17)15-9-13(16)18/h1-4H,5-9H2,(H,15,17). The molecule has 4 nitrogen and oxygen atoms in total. The van der Waals surface area contributed by atoms with Crippen molar-refractivity contribution in [1.29, 1.82) is 0 Å². The summed E-state index contributed by atoms with van der Waals surface area (Å²) in [5.74, 6) is -0.483. The lowest BCUT2D eigenvalue weighted by Gasteiger charge is -2.19. The van der Waals surface area contributed by atoms with E-state index in [2.05, 4.69) is 5.32 Å². The molecule has 1 aliphatic heterocycles. The van der Waals surface area contributed by atoms with Gasteiger partial charge in [0.05, 0.1) is 6.54 Å². The van der Waals surface area contributed by atoms with E-state index in [1.807, 2.05) is 0 Å². The molecule has 5 heteroatoms. The van der Waals surface area contributed by atoms with Crippen LogP contribution in [0.4, 0.5) is 4.39 Å². The van der Waals surface area contributed by atoms with Gasteiger partial charge in [-0.05, 0) is 18.1 Å². The van der Waals surface area contributed by atoms with E-state index in [1.54, 1.807) is 23.1 Å². The quantitative estimate of drug-likeness (QED) is 0.859. The summed E-state index contributed by atoms with van der Waals surface area (Å²) in [6.45, 7) is 0.879. The number of benzene rings is 1. The topological polar surface area (TPSA) is 49.4 Å². The van der Waals surface area contributed by atoms with Crippen LogP contribution in [0.5, 0.6) is 0 Å². The first kappa shape index (κ1) is 12.5. The number of hydrogen-bond donors (Lipinski definition) is 1. The molecule has 2 amide bonds. The molecule has 1 heterocycles. The molecule has 0 aromatic heterocycles. The maximum atomic E-state index is 13.4. The van der Waals surface area contributed by atoms with Crippen molar-refractivity contribution in [3.05, 3.63) is 35.6 Å². The molecule has 0 atom stereocenters. The minimum atomic E-state index is -0.256. The number of nitrogens with zero attached hydrogens (tertiary/aromatic N) is 1. The third-order valence-electron chi connectivity index (χ3n) is 3.01. The van der Waals surface area contributed by atoms with Gasteiger partial charge < -0.3 is 10.2 Å². The molecule has 1 aromatic carbocycles. The Morgan fingerprint density at radius 2 is 2.06 bits per heavy atom. The lowest BCUT2D eigenvalue weighted by Crippen LogP contribution is -2.36. The van der Waals surface area contributed by atoms with E-state index in [-0.39, 0.29) is 24.2 Å². The molecule has 2 rings (SSSR count). The van der Waals surface area contributed by atoms with Crippen LogP contribution in [-0.4, -0.2) is 36.3 Å². The fourth-order valence-corrected chi connectivity index (χ4v) is 1.93. The van der Waals surface area contributed by atoms with Crippen molar-refractivity contribution < 1.29 is 14.0 Å². The molecule has 1 aliphatic rings. The Bertz CT molecular complexity index is 462. The Hall–Kier alpha value is -1.91. The lowest BCUT2D eigenvalue weighted by molar-refractivity contribution is -0.130. The second kappa shape index (κ2) is 5.62. The van der Waals surface area contributed by atoms with E-state index in [4.69, 9.17) is 0 Å². The Labute approximate surface area is 105 Å². The van der Waals surface area contributed by atoms with E-state index < -0.39 is 0 Å². The molecular formula is C13H15FN2O2. The maximum absolute atomic E-state index is 13.4. The zero-order valence-corrected chi connectivity index (χ0v) is 9.99. The molecule has 1 fully saturated rings. The van der Waals surface area contributed by atoms with Crippen molar-refractivity contribution >= 4 is 11.8 Å². The van der Waals surface area contributed by atoms with Gasteiger partial charge in [0.25, 0.3) is 0 Å². The molecule has 1 N–H and O–H groups in total. The predicted octanol–water partition coefficient (Wildman–Crippen LogP) is 0.717. The van der Waals surface area contributed by atoms with Gasteiger partial charge in [-0.3, -0.25) is 9.59 Å². The van der Waals surface area contributed by atoms with Crippen LogP contribution in [0.3, 0.4) is 0 Å². The number of carbonyl (C=O) groups excluding carboxylic acids is 2. The zero-order valence-electron chi connectivity index (χ0n) is 9.99. The Balaban J connectivity index is 1.95. The van der Waals surface area contributed by atoms with Crippen molar-refractivity contribution in [2.75, 3.05) is 19.6 Å². The summed E-state index contributed by atoms with van der Waals surface area (Å²) in [5, 5.41) is 2.53. The second-order valence-electron chi connectivity index (χ2n) is 4.25. The molecule has 1 aromatic rings. The van der Waals surface area contributed by atoms with Gasteiger partial charge in [-0.1, -0.05) is 18.2 Å². The molecule has 0 unspecified atom stereocenters. The Morgan fingerprint density at radius 3 is 2.83 bits per heavy atom. The number of nitrogens with one attached hydrogen (secondary N) is 1. The highest BCUT2D eigenvalue weighted by atomic mass is 19.1. The van der Waals surface area contributed by atoms with Crippen LogP contribution in [0, 0.1) is 5.82 Å². The zero-order chi connectivity index (χ0) is 13.0. The average molecular weight is 250 g/mol. The largest absolute Gasteiger partial charge is 0.347 e. The van der Waals surface area contributed by atoms with Gasteiger partial charge in [0.1, 0.15) is 5.82 Å². The van der Waals surface area contributed by atoms with Crippen LogP contribution in [0.25, 0.3) is 0 Å². The number of amides is 2. The number of hydrogen-bond acceptors (Lipinski definition) is 2. The second-order valence-corrected chi connectivity index (χ2v) is 4.25. The van der Waals surface area contributed by atoms with Gasteiger partial charge in [-0.2, -0.15) is 0 Å². The van der Waals surface area contributed by atoms with Gasteiger partial charge in [0.15, 0.2) is 0 Å². The smallest absolute Gasteiger partial charge is 0.241 e. The Morgan fingerprint density at radius 1 is 1.28 bits per heavy atom. The van der Waals surface area contributed by atoms with Crippen LogP contribution >= 0.6 is 0 Å². The van der Waals surface area contributed by atoms with Gasteiger partial charge in [-0.25, -0.2) is 4.39 Å². The van der Waals surface area contributed by atoms with E-state index in [0.717, 1.165) is 0 Å². The molecule has 0 radical (unpaired) electrons. The van der Waals surface area contributed by atoms with Crippen molar-refractivity contribution in [2.24, 2.45) is 0 Å². The van der Waals surface area contributed by atoms with Crippen molar-refractivity contribution in [2.45, 2.75) is 12.8 Å². The predicted molar refractivity (Wildman–Crippen MR) is 64.3 cm³/mol. The van der Waals surface area contributed by atoms with Crippen LogP contribution in [0.15, 0.2) is 24.3 Å². The van der Waals surface area contributed by atoms with Gasteiger partial charge in [0.2, 0.25) is 11.8 Å². The highest BCUT2D eigenvalue weighted by Gasteiger charge is 2.19. The molecule has 0 saturated carbocycles. The average Bonchev–Trinajstić information content (AvgIpc) is 2.52. The van der Waals surface area contributed by atoms with Gasteiger partial charge in [0, 0.05) is 19.5 Å². The molecule has 0 spiro atoms. The van der Waals surface area contributed by atoms with E-state index >= 15 is 0 Å². The van der Waals surface area contributed by atoms with Crippen LogP contribution < -0.4 is 5.32 Å². The van der Waals surface area contributed by atoms with Crippen molar-refractivity contribution in [3.8, 4) is 0 Å².